The van der Waals surface area contributed by atoms with E-state index < -0.39 is 0 Å². The van der Waals surface area contributed by atoms with Crippen LogP contribution in [0.25, 0.3) is 0 Å². The van der Waals surface area contributed by atoms with Crippen molar-refractivity contribution in [1.82, 2.24) is 9.55 Å². The van der Waals surface area contributed by atoms with Crippen molar-refractivity contribution in [2.45, 2.75) is 11.7 Å². The first kappa shape index (κ1) is 13.2. The van der Waals surface area contributed by atoms with Crippen LogP contribution in [0.15, 0.2) is 40.4 Å². The third-order valence-corrected chi connectivity index (χ3v) is 4.13. The monoisotopic (exact) mass is 307 g/mol. The number of amides is 1. The van der Waals surface area contributed by atoms with Crippen LogP contribution in [0.1, 0.15) is 10.4 Å². The molecule has 0 spiro atoms. The van der Waals surface area contributed by atoms with Gasteiger partial charge in [-0.05, 0) is 24.3 Å². The smallest absolute Gasteiger partial charge is 0.277 e. The van der Waals surface area contributed by atoms with Crippen LogP contribution in [0.4, 0.5) is 5.69 Å². The predicted molar refractivity (Wildman–Crippen MR) is 78.6 cm³/mol. The van der Waals surface area contributed by atoms with Crippen LogP contribution in [0.3, 0.4) is 0 Å². The molecule has 1 aromatic carbocycles. The number of anilines is 1. The van der Waals surface area contributed by atoms with Gasteiger partial charge >= 0.3 is 0 Å². The molecule has 3 rings (SSSR count). The van der Waals surface area contributed by atoms with E-state index in [1.165, 1.54) is 18.0 Å². The Balaban J connectivity index is 1.87. The minimum absolute atomic E-state index is 0.191. The van der Waals surface area contributed by atoms with Gasteiger partial charge in [0, 0.05) is 22.9 Å². The second-order valence-corrected chi connectivity index (χ2v) is 5.72. The zero-order chi connectivity index (χ0) is 14.1. The lowest BCUT2D eigenvalue weighted by atomic mass is 10.2. The van der Waals surface area contributed by atoms with Crippen LogP contribution < -0.4 is 10.9 Å². The molecular weight excluding hydrogens is 298 g/mol. The highest BCUT2D eigenvalue weighted by atomic mass is 35.5. The summed E-state index contributed by atoms with van der Waals surface area (Å²) in [6.45, 7) is 0.622. The maximum Gasteiger partial charge on any atom is 0.277 e. The van der Waals surface area contributed by atoms with Gasteiger partial charge in [-0.1, -0.05) is 23.4 Å². The quantitative estimate of drug-likeness (QED) is 0.864. The molecule has 0 unspecified atom stereocenters. The normalized spacial score (nSPS) is 13.1. The number of nitrogens with zero attached hydrogens (tertiary/aromatic N) is 2. The molecule has 1 amide bonds. The summed E-state index contributed by atoms with van der Waals surface area (Å²) in [7, 11) is 0. The van der Waals surface area contributed by atoms with Gasteiger partial charge in [-0.2, -0.15) is 0 Å². The fraction of sp³-hybridized carbons (Fsp3) is 0.154. The molecule has 1 aliphatic rings. The fourth-order valence-electron chi connectivity index (χ4n) is 1.90. The first-order valence-corrected chi connectivity index (χ1v) is 7.31. The van der Waals surface area contributed by atoms with E-state index in [-0.39, 0.29) is 17.2 Å². The summed E-state index contributed by atoms with van der Waals surface area (Å²) >= 11 is 7.30. The Morgan fingerprint density at radius 3 is 2.85 bits per heavy atom. The van der Waals surface area contributed by atoms with E-state index in [2.05, 4.69) is 10.3 Å². The molecule has 20 heavy (non-hydrogen) atoms. The predicted octanol–water partition coefficient (Wildman–Crippen LogP) is 2.25. The molecule has 2 heterocycles. The van der Waals surface area contributed by atoms with Crippen LogP contribution >= 0.6 is 23.4 Å². The van der Waals surface area contributed by atoms with Gasteiger partial charge in [0.1, 0.15) is 5.69 Å². The first-order chi connectivity index (χ1) is 9.65. The molecule has 2 aromatic rings. The average Bonchev–Trinajstić information content (AvgIpc) is 2.92. The van der Waals surface area contributed by atoms with E-state index in [1.54, 1.807) is 28.8 Å². The van der Waals surface area contributed by atoms with Crippen molar-refractivity contribution >= 4 is 35.0 Å². The Bertz CT molecular complexity index is 727. The Morgan fingerprint density at radius 2 is 2.10 bits per heavy atom. The number of carbonyl (C=O) groups excluding carboxylic acids is 1. The van der Waals surface area contributed by atoms with E-state index >= 15 is 0 Å². The summed E-state index contributed by atoms with van der Waals surface area (Å²) < 4.78 is 1.57. The zero-order valence-corrected chi connectivity index (χ0v) is 11.9. The van der Waals surface area contributed by atoms with Crippen LogP contribution in [0.5, 0.6) is 0 Å². The van der Waals surface area contributed by atoms with Crippen molar-refractivity contribution in [3.05, 3.63) is 51.4 Å². The number of rotatable bonds is 2. The summed E-state index contributed by atoms with van der Waals surface area (Å²) in [4.78, 5) is 28.4. The third kappa shape index (κ3) is 2.44. The standard InChI is InChI=1S/C13H10ClN3O2S/c14-9-3-1-8(2-4-9)11(18)16-10-7-15-13-17(12(10)19)5-6-20-13/h1-4,7H,5-6H2,(H,16,18). The van der Waals surface area contributed by atoms with Crippen LogP contribution in [-0.2, 0) is 6.54 Å². The second-order valence-electron chi connectivity index (χ2n) is 4.22. The van der Waals surface area contributed by atoms with E-state index in [4.69, 9.17) is 11.6 Å². The summed E-state index contributed by atoms with van der Waals surface area (Å²) in [5, 5.41) is 3.84. The molecule has 1 N–H and O–H groups in total. The van der Waals surface area contributed by atoms with Gasteiger partial charge in [-0.3, -0.25) is 14.2 Å². The molecule has 0 radical (unpaired) electrons. The van der Waals surface area contributed by atoms with Crippen molar-refractivity contribution in [1.29, 1.82) is 0 Å². The number of hydrogen-bond acceptors (Lipinski definition) is 4. The highest BCUT2D eigenvalue weighted by Crippen LogP contribution is 2.21. The van der Waals surface area contributed by atoms with E-state index in [9.17, 15) is 9.59 Å². The summed E-state index contributed by atoms with van der Waals surface area (Å²) in [5.74, 6) is 0.475. The van der Waals surface area contributed by atoms with Crippen LogP contribution in [-0.4, -0.2) is 21.2 Å². The molecule has 0 atom stereocenters. The third-order valence-electron chi connectivity index (χ3n) is 2.91. The van der Waals surface area contributed by atoms with E-state index in [0.29, 0.717) is 22.3 Å². The van der Waals surface area contributed by atoms with Gasteiger partial charge in [0.25, 0.3) is 11.5 Å². The number of fused-ring (bicyclic) bond motifs is 1. The molecule has 7 heteroatoms. The Kier molecular flexibility index (Phi) is 3.50. The highest BCUT2D eigenvalue weighted by Gasteiger charge is 2.17. The van der Waals surface area contributed by atoms with Crippen molar-refractivity contribution in [2.75, 3.05) is 11.1 Å². The fourth-order valence-corrected chi connectivity index (χ4v) is 2.94. The topological polar surface area (TPSA) is 64.0 Å². The largest absolute Gasteiger partial charge is 0.316 e. The number of aromatic nitrogens is 2. The number of nitrogens with one attached hydrogen (secondary N) is 1. The van der Waals surface area contributed by atoms with E-state index in [0.717, 1.165) is 5.75 Å². The molecule has 102 valence electrons. The number of benzene rings is 1. The van der Waals surface area contributed by atoms with Gasteiger partial charge in [0.15, 0.2) is 5.16 Å². The lowest BCUT2D eigenvalue weighted by molar-refractivity contribution is 0.102. The molecule has 0 aliphatic carbocycles. The lowest BCUT2D eigenvalue weighted by Gasteiger charge is -2.07. The maximum atomic E-state index is 12.2. The lowest BCUT2D eigenvalue weighted by Crippen LogP contribution is -2.26. The minimum Gasteiger partial charge on any atom is -0.316 e. The van der Waals surface area contributed by atoms with E-state index in [1.807, 2.05) is 0 Å². The average molecular weight is 308 g/mol. The minimum atomic E-state index is -0.355. The number of thioether (sulfide) groups is 1. The highest BCUT2D eigenvalue weighted by molar-refractivity contribution is 7.99. The molecule has 0 saturated carbocycles. The van der Waals surface area contributed by atoms with Crippen molar-refractivity contribution < 1.29 is 4.79 Å². The SMILES string of the molecule is O=C(Nc1cnc2n(c1=O)CCS2)c1ccc(Cl)cc1. The van der Waals surface area contributed by atoms with Crippen molar-refractivity contribution in [3.63, 3.8) is 0 Å². The zero-order valence-electron chi connectivity index (χ0n) is 10.3. The molecule has 0 fully saturated rings. The Morgan fingerprint density at radius 1 is 1.35 bits per heavy atom. The Hall–Kier alpha value is -1.79. The Labute approximate surface area is 124 Å². The number of hydrogen-bond donors (Lipinski definition) is 1. The summed E-state index contributed by atoms with van der Waals surface area (Å²) in [6, 6.07) is 6.46. The first-order valence-electron chi connectivity index (χ1n) is 5.95. The van der Waals surface area contributed by atoms with Gasteiger partial charge in [-0.25, -0.2) is 4.98 Å². The van der Waals surface area contributed by atoms with Gasteiger partial charge < -0.3 is 5.32 Å². The van der Waals surface area contributed by atoms with Gasteiger partial charge in [0.2, 0.25) is 0 Å². The summed E-state index contributed by atoms with van der Waals surface area (Å²) in [6.07, 6.45) is 1.40. The van der Waals surface area contributed by atoms with Crippen molar-refractivity contribution in [3.8, 4) is 0 Å². The van der Waals surface area contributed by atoms with Gasteiger partial charge in [-0.15, -0.1) is 0 Å². The molecular formula is C13H10ClN3O2S. The van der Waals surface area contributed by atoms with Gasteiger partial charge in [0.05, 0.1) is 6.20 Å². The van der Waals surface area contributed by atoms with Crippen molar-refractivity contribution in [2.24, 2.45) is 0 Å². The van der Waals surface area contributed by atoms with Crippen LogP contribution in [0, 0.1) is 0 Å². The molecule has 0 bridgehead atoms. The molecule has 0 saturated heterocycles. The van der Waals surface area contributed by atoms with Crippen LogP contribution in [0.2, 0.25) is 5.02 Å². The molecule has 5 nitrogen and oxygen atoms in total. The molecule has 1 aromatic heterocycles. The summed E-state index contributed by atoms with van der Waals surface area (Å²) in [5.41, 5.74) is 0.409. The number of halogens is 1. The molecule has 1 aliphatic heterocycles. The second kappa shape index (κ2) is 5.30. The number of carbonyl (C=O) groups is 1. The maximum absolute atomic E-state index is 12.2.